The number of fused-ring (bicyclic) bond motifs is 4. The van der Waals surface area contributed by atoms with Crippen LogP contribution in [-0.4, -0.2) is 263 Å². The van der Waals surface area contributed by atoms with Gasteiger partial charge in [0.1, 0.15) is 68.4 Å². The van der Waals surface area contributed by atoms with Crippen molar-refractivity contribution >= 4 is 84.2 Å². The van der Waals surface area contributed by atoms with Crippen molar-refractivity contribution in [2.24, 2.45) is 28.2 Å². The molecule has 5 atom stereocenters. The van der Waals surface area contributed by atoms with Gasteiger partial charge in [0.05, 0.1) is 91.0 Å². The quantitative estimate of drug-likeness (QED) is 0.0176. The van der Waals surface area contributed by atoms with Crippen LogP contribution in [0.2, 0.25) is 0 Å². The number of hydrogen-bond acceptors (Lipinski definition) is 28. The first-order valence-corrected chi connectivity index (χ1v) is 53.1. The highest BCUT2D eigenvalue weighted by Gasteiger charge is 2.32. The van der Waals surface area contributed by atoms with Gasteiger partial charge in [0.25, 0.3) is 22.2 Å². The molecule has 12 aromatic rings. The van der Waals surface area contributed by atoms with Gasteiger partial charge < -0.3 is 58.5 Å². The summed E-state index contributed by atoms with van der Waals surface area (Å²) in [6.07, 6.45) is -10.4. The number of H-pyrrole nitrogens is 4. The molecule has 4 fully saturated rings. The van der Waals surface area contributed by atoms with E-state index in [2.05, 4.69) is 74.4 Å². The lowest BCUT2D eigenvalue weighted by molar-refractivity contribution is 0.297. The molecular weight excluding hydrogens is 1920 g/mol. The third-order valence-corrected chi connectivity index (χ3v) is 29.2. The van der Waals surface area contributed by atoms with E-state index in [0.29, 0.717) is 90.1 Å². The van der Waals surface area contributed by atoms with Gasteiger partial charge in [-0.3, -0.25) is 37.9 Å². The fourth-order valence-electron chi connectivity index (χ4n) is 16.7. The summed E-state index contributed by atoms with van der Waals surface area (Å²) in [6, 6.07) is 13.3. The largest absolute Gasteiger partial charge is 0.493 e. The Balaban J connectivity index is 0.000000190. The molecule has 0 aliphatic carbocycles. The third kappa shape index (κ3) is 26.5. The van der Waals surface area contributed by atoms with Crippen LogP contribution >= 0.6 is 0 Å². The first-order valence-electron chi connectivity index (χ1n) is 62.7. The first kappa shape index (κ1) is 74.8. The van der Waals surface area contributed by atoms with E-state index in [0.717, 1.165) is 47.3 Å². The highest BCUT2D eigenvalue weighted by Crippen LogP contribution is 2.38. The van der Waals surface area contributed by atoms with Crippen molar-refractivity contribution in [1.82, 2.24) is 117 Å². The Morgan fingerprint density at radius 3 is 0.917 bits per heavy atom. The molecule has 4 saturated heterocycles. The summed E-state index contributed by atoms with van der Waals surface area (Å²) in [7, 11) is -11.7. The van der Waals surface area contributed by atoms with Gasteiger partial charge in [-0.15, -0.1) is 0 Å². The summed E-state index contributed by atoms with van der Waals surface area (Å²) >= 11 is 0. The van der Waals surface area contributed by atoms with Gasteiger partial charge in [-0.05, 0) is 255 Å². The predicted molar refractivity (Wildman–Crippen MR) is 559 cm³/mol. The van der Waals surface area contributed by atoms with Crippen LogP contribution < -0.4 is 60.1 Å². The minimum Gasteiger partial charge on any atom is -0.493 e. The number of nitrogens with zero attached hydrogens (tertiary/aromatic N) is 16. The maximum absolute atomic E-state index is 13.5. The topological polar surface area (TPSA) is 489 Å². The van der Waals surface area contributed by atoms with E-state index in [-0.39, 0.29) is 210 Å². The molecule has 8 N–H and O–H groups in total. The molecule has 4 aliphatic heterocycles. The summed E-state index contributed by atoms with van der Waals surface area (Å²) in [4.78, 5) is 84.8. The molecule has 12 heterocycles. The Hall–Kier alpha value is -11.0. The lowest BCUT2D eigenvalue weighted by Gasteiger charge is -2.19. The van der Waals surface area contributed by atoms with Crippen molar-refractivity contribution < 1.29 is 95.1 Å². The van der Waals surface area contributed by atoms with Crippen molar-refractivity contribution in [3.05, 3.63) is 137 Å². The van der Waals surface area contributed by atoms with E-state index < -0.39 is 195 Å². The Morgan fingerprint density at radius 1 is 0.361 bits per heavy atom. The van der Waals surface area contributed by atoms with Crippen molar-refractivity contribution in [3.8, 4) is 68.5 Å². The molecule has 8 aromatic heterocycles. The lowest BCUT2D eigenvalue weighted by atomic mass is 10.1. The van der Waals surface area contributed by atoms with E-state index in [9.17, 15) is 52.8 Å². The molecule has 4 aliphatic rings. The second-order valence-electron chi connectivity index (χ2n) is 34.3. The average Bonchev–Trinajstić information content (AvgIpc) is 1.60. The first-order chi connectivity index (χ1) is 80.6. The molecule has 5 unspecified atom stereocenters. The number of nitrogens with one attached hydrogen (secondary N) is 8. The van der Waals surface area contributed by atoms with Crippen LogP contribution in [0.1, 0.15) is 249 Å². The summed E-state index contributed by atoms with van der Waals surface area (Å²) in [5, 5.41) is 16.5. The van der Waals surface area contributed by atoms with Gasteiger partial charge in [0, 0.05) is 121 Å². The van der Waals surface area contributed by atoms with Crippen molar-refractivity contribution in [2.45, 2.75) is 253 Å². The summed E-state index contributed by atoms with van der Waals surface area (Å²) < 4.78 is 393. The minimum atomic E-state index is -4.57. The molecule has 4 aromatic carbocycles. The van der Waals surface area contributed by atoms with Crippen LogP contribution in [0.25, 0.3) is 89.7 Å². The number of rotatable bonds is 44. The molecule has 0 amide bonds. The number of aromatic nitrogens is 16. The number of ether oxygens (including phenoxy) is 4. The van der Waals surface area contributed by atoms with Crippen molar-refractivity contribution in [3.63, 3.8) is 0 Å². The zero-order chi connectivity index (χ0) is 130. The Kier molecular flexibility index (Phi) is 25.9. The number of aromatic amines is 4. The van der Waals surface area contributed by atoms with Gasteiger partial charge >= 0.3 is 0 Å². The minimum absolute atomic E-state index is 0.00914. The predicted octanol–water partition coefficient (Wildman–Crippen LogP) is 11.3. The number of hydrogen-bond donors (Lipinski definition) is 8. The normalized spacial score (nSPS) is 21.4. The van der Waals surface area contributed by atoms with Crippen molar-refractivity contribution in [2.75, 3.05) is 107 Å². The van der Waals surface area contributed by atoms with Gasteiger partial charge in [-0.25, -0.2) is 72.5 Å². The molecule has 144 heavy (non-hydrogen) atoms. The second-order valence-corrected chi connectivity index (χ2v) is 41.1. The maximum Gasteiger partial charge on any atom is 0.277 e. The van der Waals surface area contributed by atoms with Gasteiger partial charge in [-0.2, -0.15) is 20.4 Å². The van der Waals surface area contributed by atoms with Crippen LogP contribution in [0.5, 0.6) is 23.0 Å². The van der Waals surface area contributed by atoms with Crippen LogP contribution in [0.4, 0.5) is 0 Å². The summed E-state index contributed by atoms with van der Waals surface area (Å²) in [5.74, 6) is 0.238. The molecule has 0 bridgehead atoms. The van der Waals surface area contributed by atoms with Gasteiger partial charge in [0.2, 0.25) is 40.1 Å². The van der Waals surface area contributed by atoms with Crippen LogP contribution in [0.15, 0.2) is 112 Å². The fourth-order valence-corrected chi connectivity index (χ4v) is 20.6. The maximum atomic E-state index is 13.5. The average molecular weight is 2100 g/mol. The highest BCUT2D eigenvalue weighted by atomic mass is 32.2. The van der Waals surface area contributed by atoms with E-state index >= 15 is 0 Å². The third-order valence-electron chi connectivity index (χ3n) is 23.8. The molecule has 0 saturated carbocycles. The number of likely N-dealkylation sites (tertiary alicyclic amines) is 4. The molecule has 40 nitrogen and oxygen atoms in total. The van der Waals surface area contributed by atoms with Crippen LogP contribution in [-0.2, 0) is 93.8 Å². The monoisotopic (exact) mass is 2100 g/mol. The summed E-state index contributed by atoms with van der Waals surface area (Å²) in [6.45, 7) is -1.49. The van der Waals surface area contributed by atoms with Crippen LogP contribution in [0, 0.1) is 0 Å². The van der Waals surface area contributed by atoms with Crippen LogP contribution in [0.3, 0.4) is 0 Å². The molecular formula is C100H144N24O16S4. The number of aryl methyl sites for hydroxylation is 8. The summed E-state index contributed by atoms with van der Waals surface area (Å²) in [5.41, 5.74) is -3.99. The molecule has 0 radical (unpaired) electrons. The fraction of sp³-hybridized carbons (Fsp3) is 0.560. The molecule has 0 spiro atoms. The Morgan fingerprint density at radius 2 is 0.632 bits per heavy atom. The van der Waals surface area contributed by atoms with Gasteiger partial charge in [0.15, 0.2) is 22.1 Å². The molecule has 44 heteroatoms. The second kappa shape index (κ2) is 49.9. The molecule has 784 valence electrons. The Labute approximate surface area is 886 Å². The van der Waals surface area contributed by atoms with E-state index in [4.69, 9.17) is 61.4 Å². The van der Waals surface area contributed by atoms with Gasteiger partial charge in [-0.1, -0.05) is 80.9 Å². The SMILES string of the molecule is [2H]C(CC1CCCN1C([2H])([2H])[2H])NS(=O)(=O)c1ccc(OCCC)c(-c2nc3c(C([2H])([2H])C([2H])([2H])C)nn(C)c3c(=O)[nH]2)c1.[2H]C([2H])(C)Cc1nn(C)c2c(=O)[nH]c(-c3cc(S(=O)(=O)NC([2H])([2H])CC4CCCN4C([2H])([2H])[2H])ccc3OCCC)nc12.[2H]C([2H])(CC1CCCN1C([2H])([2H])[2H])NS(=O)(=O)c1ccc(OCCC)c(-c2nc3c(C([2H])([2H])C([2H])([2H])C)nn(C)c3c(=O)[nH]2)c1.[2H]C([2H])([2H])N1CCCC1CCNS(=O)(=O)c1ccc(OCCC)c(-c2nc3c(C([2H])([2H])C([2H])([2H])C)nn(C)c3c(=O)[nH]2)c1. The van der Waals surface area contributed by atoms with E-state index in [1.54, 1.807) is 7.05 Å². The molecule has 16 rings (SSSR count). The van der Waals surface area contributed by atoms with Crippen molar-refractivity contribution in [1.29, 1.82) is 0 Å². The zero-order valence-electron chi connectivity index (χ0n) is 113. The smallest absolute Gasteiger partial charge is 0.277 e. The van der Waals surface area contributed by atoms with E-state index in [1.165, 1.54) is 119 Å². The lowest BCUT2D eigenvalue weighted by Crippen LogP contribution is -2.31. The number of benzene rings is 4. The Bertz CT molecular complexity index is 8700. The zero-order valence-corrected chi connectivity index (χ0v) is 85.3. The standard InChI is InChI=1S/4C25H36N6O4S/c4*1-5-8-20-22-23(31(4)29-20)25(32)28-24(27-22)19-16-18(10-11-21(19)35-15-6-2)36(33,34)26-13-12-17-9-7-14-30(17)3/h4*10-11,16-17,26H,5-9,12-15H2,1-4H3,(H,27,28,32)/i3D3,5D2,8D2,13D2;3D3,5D2,8D2,13D;3D3,5D2,13D2;3D3,5D2,8D2. The van der Waals surface area contributed by atoms with E-state index in [1.807, 2.05) is 32.4 Å². The highest BCUT2D eigenvalue weighted by molar-refractivity contribution is 7.90. The number of sulfonamides is 4.